The second-order valence-corrected chi connectivity index (χ2v) is 4.53. The molecule has 3 heteroatoms. The molecule has 3 nitrogen and oxygen atoms in total. The summed E-state index contributed by atoms with van der Waals surface area (Å²) in [6.07, 6.45) is 1.19. The maximum atomic E-state index is 4.61. The standard InChI is InChI=1S/C11H19N3/c1-7(2)10-5-6-12-11-8(3)9(4)13-14(10)11/h7,10,12H,5-6H2,1-4H3. The van der Waals surface area contributed by atoms with Crippen LogP contribution in [0, 0.1) is 19.8 Å². The lowest BCUT2D eigenvalue weighted by Crippen LogP contribution is -2.27. The zero-order valence-electron chi connectivity index (χ0n) is 9.46. The van der Waals surface area contributed by atoms with Crippen molar-refractivity contribution in [3.05, 3.63) is 11.3 Å². The van der Waals surface area contributed by atoms with Crippen LogP contribution in [-0.4, -0.2) is 16.3 Å². The normalized spacial score (nSPS) is 20.8. The Kier molecular flexibility index (Phi) is 2.25. The fourth-order valence-corrected chi connectivity index (χ4v) is 2.16. The maximum Gasteiger partial charge on any atom is 0.127 e. The fraction of sp³-hybridized carbons (Fsp3) is 0.727. The van der Waals surface area contributed by atoms with Crippen LogP contribution in [0.1, 0.15) is 37.6 Å². The minimum atomic E-state index is 0.568. The monoisotopic (exact) mass is 193 g/mol. The van der Waals surface area contributed by atoms with E-state index in [1.807, 2.05) is 0 Å². The zero-order valence-corrected chi connectivity index (χ0v) is 9.46. The Bertz CT molecular complexity index is 339. The maximum absolute atomic E-state index is 4.61. The number of fused-ring (bicyclic) bond motifs is 1. The molecular weight excluding hydrogens is 174 g/mol. The number of nitrogens with one attached hydrogen (secondary N) is 1. The molecular formula is C11H19N3. The summed E-state index contributed by atoms with van der Waals surface area (Å²) in [5.41, 5.74) is 2.45. The van der Waals surface area contributed by atoms with E-state index in [9.17, 15) is 0 Å². The van der Waals surface area contributed by atoms with Crippen LogP contribution in [-0.2, 0) is 0 Å². The highest BCUT2D eigenvalue weighted by atomic mass is 15.4. The van der Waals surface area contributed by atoms with Gasteiger partial charge in [0.25, 0.3) is 0 Å². The lowest BCUT2D eigenvalue weighted by Gasteiger charge is -2.28. The van der Waals surface area contributed by atoms with E-state index < -0.39 is 0 Å². The number of hydrogen-bond acceptors (Lipinski definition) is 2. The molecule has 0 aromatic carbocycles. The van der Waals surface area contributed by atoms with Crippen molar-refractivity contribution in [2.75, 3.05) is 11.9 Å². The second-order valence-electron chi connectivity index (χ2n) is 4.53. The van der Waals surface area contributed by atoms with E-state index in [1.165, 1.54) is 17.8 Å². The average Bonchev–Trinajstić information content (AvgIpc) is 2.43. The molecule has 2 heterocycles. The summed E-state index contributed by atoms with van der Waals surface area (Å²) in [6, 6.07) is 0.568. The number of aromatic nitrogens is 2. The molecule has 1 N–H and O–H groups in total. The van der Waals surface area contributed by atoms with Crippen molar-refractivity contribution in [2.45, 2.75) is 40.2 Å². The molecule has 1 aromatic rings. The van der Waals surface area contributed by atoms with Gasteiger partial charge in [-0.15, -0.1) is 0 Å². The second kappa shape index (κ2) is 3.30. The third-order valence-electron chi connectivity index (χ3n) is 3.20. The van der Waals surface area contributed by atoms with Crippen LogP contribution < -0.4 is 5.32 Å². The molecule has 0 saturated carbocycles. The Morgan fingerprint density at radius 3 is 2.79 bits per heavy atom. The van der Waals surface area contributed by atoms with Crippen molar-refractivity contribution >= 4 is 5.82 Å². The van der Waals surface area contributed by atoms with Gasteiger partial charge < -0.3 is 5.32 Å². The quantitative estimate of drug-likeness (QED) is 0.742. The molecule has 78 valence electrons. The van der Waals surface area contributed by atoms with Gasteiger partial charge in [-0.2, -0.15) is 5.10 Å². The molecule has 1 aliphatic rings. The number of anilines is 1. The molecule has 0 bridgehead atoms. The van der Waals surface area contributed by atoms with E-state index in [0.717, 1.165) is 12.2 Å². The van der Waals surface area contributed by atoms with Crippen LogP contribution in [0.4, 0.5) is 5.82 Å². The third-order valence-corrected chi connectivity index (χ3v) is 3.20. The van der Waals surface area contributed by atoms with Crippen molar-refractivity contribution in [3.63, 3.8) is 0 Å². The van der Waals surface area contributed by atoms with Crippen molar-refractivity contribution in [2.24, 2.45) is 5.92 Å². The Balaban J connectivity index is 2.45. The highest BCUT2D eigenvalue weighted by molar-refractivity contribution is 5.48. The van der Waals surface area contributed by atoms with Gasteiger partial charge in [-0.1, -0.05) is 13.8 Å². The molecule has 1 atom stereocenters. The van der Waals surface area contributed by atoms with Gasteiger partial charge >= 0.3 is 0 Å². The predicted octanol–water partition coefficient (Wildman–Crippen LogP) is 2.51. The van der Waals surface area contributed by atoms with Gasteiger partial charge in [0.1, 0.15) is 5.82 Å². The Labute approximate surface area is 85.5 Å². The van der Waals surface area contributed by atoms with E-state index in [1.54, 1.807) is 0 Å². The van der Waals surface area contributed by atoms with Gasteiger partial charge in [-0.3, -0.25) is 0 Å². The van der Waals surface area contributed by atoms with E-state index >= 15 is 0 Å². The minimum absolute atomic E-state index is 0.568. The van der Waals surface area contributed by atoms with Crippen LogP contribution in [0.5, 0.6) is 0 Å². The summed E-state index contributed by atoms with van der Waals surface area (Å²) < 4.78 is 2.18. The lowest BCUT2D eigenvalue weighted by atomic mass is 10.00. The first-order valence-corrected chi connectivity index (χ1v) is 5.41. The Morgan fingerprint density at radius 2 is 2.14 bits per heavy atom. The lowest BCUT2D eigenvalue weighted by molar-refractivity contribution is 0.322. The molecule has 1 unspecified atom stereocenters. The molecule has 0 amide bonds. The van der Waals surface area contributed by atoms with Crippen molar-refractivity contribution in [1.29, 1.82) is 0 Å². The summed E-state index contributed by atoms with van der Waals surface area (Å²) >= 11 is 0. The molecule has 2 rings (SSSR count). The van der Waals surface area contributed by atoms with Gasteiger partial charge in [0.05, 0.1) is 11.7 Å². The Morgan fingerprint density at radius 1 is 1.43 bits per heavy atom. The predicted molar refractivity (Wildman–Crippen MR) is 58.7 cm³/mol. The van der Waals surface area contributed by atoms with Gasteiger partial charge in [0, 0.05) is 12.1 Å². The minimum Gasteiger partial charge on any atom is -0.370 e. The third kappa shape index (κ3) is 1.31. The zero-order chi connectivity index (χ0) is 10.3. The smallest absolute Gasteiger partial charge is 0.127 e. The number of nitrogens with zero attached hydrogens (tertiary/aromatic N) is 2. The highest BCUT2D eigenvalue weighted by Crippen LogP contribution is 2.32. The van der Waals surface area contributed by atoms with Crippen LogP contribution in [0.3, 0.4) is 0 Å². The molecule has 0 aliphatic carbocycles. The van der Waals surface area contributed by atoms with Gasteiger partial charge in [-0.25, -0.2) is 4.68 Å². The van der Waals surface area contributed by atoms with Crippen molar-refractivity contribution in [3.8, 4) is 0 Å². The molecule has 14 heavy (non-hydrogen) atoms. The summed E-state index contributed by atoms with van der Waals surface area (Å²) in [4.78, 5) is 0. The number of rotatable bonds is 1. The summed E-state index contributed by atoms with van der Waals surface area (Å²) in [5, 5.41) is 8.04. The summed E-state index contributed by atoms with van der Waals surface area (Å²) in [5.74, 6) is 1.89. The highest BCUT2D eigenvalue weighted by Gasteiger charge is 2.25. The molecule has 1 aromatic heterocycles. The average molecular weight is 193 g/mol. The summed E-state index contributed by atoms with van der Waals surface area (Å²) in [7, 11) is 0. The first kappa shape index (κ1) is 9.56. The van der Waals surface area contributed by atoms with Crippen LogP contribution >= 0.6 is 0 Å². The van der Waals surface area contributed by atoms with Crippen molar-refractivity contribution < 1.29 is 0 Å². The first-order valence-electron chi connectivity index (χ1n) is 5.41. The number of aryl methyl sites for hydroxylation is 1. The Hall–Kier alpha value is -0.990. The number of hydrogen-bond donors (Lipinski definition) is 1. The van der Waals surface area contributed by atoms with E-state index in [0.29, 0.717) is 12.0 Å². The molecule has 0 spiro atoms. The largest absolute Gasteiger partial charge is 0.370 e. The van der Waals surface area contributed by atoms with Crippen molar-refractivity contribution in [1.82, 2.24) is 9.78 Å². The molecule has 0 radical (unpaired) electrons. The van der Waals surface area contributed by atoms with Gasteiger partial charge in [0.15, 0.2) is 0 Å². The SMILES string of the molecule is Cc1nn2c(c1C)NCCC2C(C)C. The molecule has 1 aliphatic heterocycles. The van der Waals surface area contributed by atoms with Crippen LogP contribution in [0.25, 0.3) is 0 Å². The van der Waals surface area contributed by atoms with Crippen LogP contribution in [0.15, 0.2) is 0 Å². The van der Waals surface area contributed by atoms with Gasteiger partial charge in [-0.05, 0) is 26.2 Å². The van der Waals surface area contributed by atoms with E-state index in [4.69, 9.17) is 0 Å². The summed E-state index contributed by atoms with van der Waals surface area (Å²) in [6.45, 7) is 9.84. The van der Waals surface area contributed by atoms with Gasteiger partial charge in [0.2, 0.25) is 0 Å². The van der Waals surface area contributed by atoms with Crippen LogP contribution in [0.2, 0.25) is 0 Å². The van der Waals surface area contributed by atoms with E-state index in [2.05, 4.69) is 42.8 Å². The molecule has 0 saturated heterocycles. The fourth-order valence-electron chi connectivity index (χ4n) is 2.16. The van der Waals surface area contributed by atoms with E-state index in [-0.39, 0.29) is 0 Å². The topological polar surface area (TPSA) is 29.9 Å². The molecule has 0 fully saturated rings. The first-order chi connectivity index (χ1) is 6.61.